The maximum atomic E-state index is 13.4. The molecular weight excluding hydrogens is 413 g/mol. The number of esters is 2. The number of carbonyl (C=O) groups is 2. The van der Waals surface area contributed by atoms with E-state index in [9.17, 15) is 14.0 Å². The summed E-state index contributed by atoms with van der Waals surface area (Å²) in [6.07, 6.45) is 4.53. The lowest BCUT2D eigenvalue weighted by atomic mass is 9.83. The summed E-state index contributed by atoms with van der Waals surface area (Å²) < 4.78 is 31.6. The third kappa shape index (κ3) is 4.12. The fourth-order valence-corrected chi connectivity index (χ4v) is 4.54. The molecular formula is C25H24FNO5. The molecule has 2 atom stereocenters. The van der Waals surface area contributed by atoms with Gasteiger partial charge in [0.2, 0.25) is 0 Å². The molecule has 0 aromatic heterocycles. The van der Waals surface area contributed by atoms with Gasteiger partial charge in [-0.25, -0.2) is 18.9 Å². The number of ether oxygens (including phenoxy) is 3. The zero-order valence-electron chi connectivity index (χ0n) is 17.5. The van der Waals surface area contributed by atoms with E-state index in [1.165, 1.54) is 12.1 Å². The van der Waals surface area contributed by atoms with Gasteiger partial charge in [0.1, 0.15) is 23.6 Å². The van der Waals surface area contributed by atoms with Crippen LogP contribution in [0.3, 0.4) is 0 Å². The van der Waals surface area contributed by atoms with E-state index in [2.05, 4.69) is 0 Å². The molecule has 0 bridgehead atoms. The number of piperidine rings is 1. The highest BCUT2D eigenvalue weighted by Gasteiger charge is 2.59. The Morgan fingerprint density at radius 2 is 1.59 bits per heavy atom. The van der Waals surface area contributed by atoms with E-state index in [0.29, 0.717) is 31.2 Å². The van der Waals surface area contributed by atoms with Crippen LogP contribution >= 0.6 is 0 Å². The van der Waals surface area contributed by atoms with Crippen molar-refractivity contribution in [1.82, 2.24) is 4.90 Å². The standard InChI is InChI=1S/C25H24FNO5/c26-19-8-10-20(11-9-19)30-21-14-15-27(16-17-6-7-17)25(24(21)18-4-2-1-3-5-18)31-22(28)12-13-23(29)32-25/h1-5,8-13,17,21,24H,6-7,14-16H2. The molecule has 1 spiro atoms. The van der Waals surface area contributed by atoms with E-state index in [4.69, 9.17) is 14.2 Å². The van der Waals surface area contributed by atoms with Crippen molar-refractivity contribution in [3.05, 3.63) is 78.1 Å². The van der Waals surface area contributed by atoms with Crippen LogP contribution in [0.25, 0.3) is 0 Å². The average molecular weight is 437 g/mol. The van der Waals surface area contributed by atoms with Gasteiger partial charge in [0.05, 0.1) is 0 Å². The normalized spacial score (nSPS) is 25.2. The van der Waals surface area contributed by atoms with Gasteiger partial charge in [-0.2, -0.15) is 0 Å². The second-order valence-electron chi connectivity index (χ2n) is 8.48. The zero-order chi connectivity index (χ0) is 22.1. The van der Waals surface area contributed by atoms with E-state index >= 15 is 0 Å². The van der Waals surface area contributed by atoms with E-state index in [-0.39, 0.29) is 5.82 Å². The summed E-state index contributed by atoms with van der Waals surface area (Å²) in [5.41, 5.74) is 0.822. The van der Waals surface area contributed by atoms with Gasteiger partial charge >= 0.3 is 17.8 Å². The molecule has 0 radical (unpaired) electrons. The summed E-state index contributed by atoms with van der Waals surface area (Å²) in [4.78, 5) is 27.1. The van der Waals surface area contributed by atoms with Crippen molar-refractivity contribution in [2.24, 2.45) is 5.92 Å². The van der Waals surface area contributed by atoms with Gasteiger partial charge in [0.25, 0.3) is 0 Å². The molecule has 2 aromatic rings. The third-order valence-corrected chi connectivity index (χ3v) is 6.17. The predicted octanol–water partition coefficient (Wildman–Crippen LogP) is 3.78. The number of benzene rings is 2. The summed E-state index contributed by atoms with van der Waals surface area (Å²) in [5, 5.41) is 0. The molecule has 6 nitrogen and oxygen atoms in total. The second-order valence-corrected chi connectivity index (χ2v) is 8.48. The highest BCUT2D eigenvalue weighted by molar-refractivity contribution is 5.93. The van der Waals surface area contributed by atoms with Gasteiger partial charge in [-0.1, -0.05) is 30.3 Å². The van der Waals surface area contributed by atoms with Crippen LogP contribution in [0.5, 0.6) is 5.75 Å². The van der Waals surface area contributed by atoms with Crippen LogP contribution in [0, 0.1) is 11.7 Å². The van der Waals surface area contributed by atoms with Crippen LogP contribution in [0.15, 0.2) is 66.7 Å². The lowest BCUT2D eigenvalue weighted by Crippen LogP contribution is -2.65. The van der Waals surface area contributed by atoms with E-state index in [1.54, 1.807) is 12.1 Å². The summed E-state index contributed by atoms with van der Waals surface area (Å²) in [5.74, 6) is -2.90. The van der Waals surface area contributed by atoms with Crippen LogP contribution in [-0.4, -0.2) is 41.9 Å². The summed E-state index contributed by atoms with van der Waals surface area (Å²) in [7, 11) is 0. The topological polar surface area (TPSA) is 65.1 Å². The molecule has 32 heavy (non-hydrogen) atoms. The highest BCUT2D eigenvalue weighted by Crippen LogP contribution is 2.47. The average Bonchev–Trinajstić information content (AvgIpc) is 3.61. The van der Waals surface area contributed by atoms with Gasteiger partial charge in [0.15, 0.2) is 0 Å². The summed E-state index contributed by atoms with van der Waals surface area (Å²) in [6.45, 7) is 1.18. The van der Waals surface area contributed by atoms with E-state index in [1.807, 2.05) is 35.2 Å². The van der Waals surface area contributed by atoms with Crippen LogP contribution in [-0.2, 0) is 19.1 Å². The molecule has 2 unspecified atom stereocenters. The molecule has 0 amide bonds. The first-order valence-electron chi connectivity index (χ1n) is 10.9. The molecule has 2 fully saturated rings. The lowest BCUT2D eigenvalue weighted by Gasteiger charge is -2.51. The van der Waals surface area contributed by atoms with Crippen LogP contribution < -0.4 is 4.74 Å². The number of nitrogens with zero attached hydrogens (tertiary/aromatic N) is 1. The maximum Gasteiger partial charge on any atom is 0.335 e. The number of rotatable bonds is 5. The molecule has 2 aromatic carbocycles. The van der Waals surface area contributed by atoms with Crippen LogP contribution in [0.2, 0.25) is 0 Å². The molecule has 2 aliphatic heterocycles. The molecule has 1 saturated heterocycles. The van der Waals surface area contributed by atoms with E-state index in [0.717, 1.165) is 30.6 Å². The van der Waals surface area contributed by atoms with Gasteiger partial charge < -0.3 is 14.2 Å². The van der Waals surface area contributed by atoms with Gasteiger partial charge in [-0.15, -0.1) is 0 Å². The minimum Gasteiger partial charge on any atom is -0.489 e. The van der Waals surface area contributed by atoms with Crippen molar-refractivity contribution in [2.45, 2.75) is 37.2 Å². The van der Waals surface area contributed by atoms with Gasteiger partial charge in [-0.05, 0) is 55.0 Å². The minimum atomic E-state index is -1.63. The molecule has 1 saturated carbocycles. The molecule has 5 rings (SSSR count). The Hall–Kier alpha value is -3.19. The number of hydrogen-bond donors (Lipinski definition) is 0. The van der Waals surface area contributed by atoms with Crippen molar-refractivity contribution in [2.75, 3.05) is 13.1 Å². The first-order valence-corrected chi connectivity index (χ1v) is 10.9. The Labute approximate surface area is 185 Å². The molecule has 2 heterocycles. The Morgan fingerprint density at radius 1 is 0.938 bits per heavy atom. The fourth-order valence-electron chi connectivity index (χ4n) is 4.54. The highest BCUT2D eigenvalue weighted by atomic mass is 19.1. The monoisotopic (exact) mass is 437 g/mol. The Balaban J connectivity index is 1.58. The molecule has 1 aliphatic carbocycles. The molecule has 3 aliphatic rings. The molecule has 166 valence electrons. The lowest BCUT2D eigenvalue weighted by molar-refractivity contribution is -0.313. The fraction of sp³-hybridized carbons (Fsp3) is 0.360. The second kappa shape index (κ2) is 8.39. The van der Waals surface area contributed by atoms with Gasteiger partial charge in [0, 0.05) is 25.2 Å². The van der Waals surface area contributed by atoms with Crippen LogP contribution in [0.1, 0.15) is 30.7 Å². The van der Waals surface area contributed by atoms with Crippen molar-refractivity contribution >= 4 is 11.9 Å². The number of carbonyl (C=O) groups excluding carboxylic acids is 2. The number of likely N-dealkylation sites (tertiary alicyclic amines) is 1. The largest absolute Gasteiger partial charge is 0.489 e. The van der Waals surface area contributed by atoms with Crippen molar-refractivity contribution in [3.8, 4) is 5.75 Å². The van der Waals surface area contributed by atoms with Crippen molar-refractivity contribution in [1.29, 1.82) is 0 Å². The van der Waals surface area contributed by atoms with Crippen molar-refractivity contribution < 1.29 is 28.2 Å². The predicted molar refractivity (Wildman–Crippen MR) is 113 cm³/mol. The SMILES string of the molecule is O=C1C=CC(=O)OC2(O1)C(c1ccccc1)C(Oc1ccc(F)cc1)CCN2CC1CC1. The van der Waals surface area contributed by atoms with Crippen molar-refractivity contribution in [3.63, 3.8) is 0 Å². The smallest absolute Gasteiger partial charge is 0.335 e. The Morgan fingerprint density at radius 3 is 2.22 bits per heavy atom. The van der Waals surface area contributed by atoms with Crippen LogP contribution in [0.4, 0.5) is 4.39 Å². The Bertz CT molecular complexity index is 998. The summed E-state index contributed by atoms with van der Waals surface area (Å²) >= 11 is 0. The maximum absolute atomic E-state index is 13.4. The Kier molecular flexibility index (Phi) is 5.43. The summed E-state index contributed by atoms with van der Waals surface area (Å²) in [6, 6.07) is 15.3. The quantitative estimate of drug-likeness (QED) is 0.664. The third-order valence-electron chi connectivity index (χ3n) is 6.17. The first-order chi connectivity index (χ1) is 15.5. The molecule has 0 N–H and O–H groups in total. The molecule has 7 heteroatoms. The minimum absolute atomic E-state index is 0.356. The number of hydrogen-bond acceptors (Lipinski definition) is 6. The first kappa shape index (κ1) is 20.7. The van der Waals surface area contributed by atoms with Gasteiger partial charge in [-0.3, -0.25) is 0 Å². The van der Waals surface area contributed by atoms with E-state index < -0.39 is 29.9 Å². The zero-order valence-corrected chi connectivity index (χ0v) is 17.5. The number of halogens is 1.